The zero-order valence-electron chi connectivity index (χ0n) is 10.6. The maximum absolute atomic E-state index is 11.2. The minimum Gasteiger partial charge on any atom is -0.476 e. The summed E-state index contributed by atoms with van der Waals surface area (Å²) in [5.74, 6) is -0.958. The van der Waals surface area contributed by atoms with Crippen LogP contribution in [-0.4, -0.2) is 21.3 Å². The van der Waals surface area contributed by atoms with Gasteiger partial charge in [-0.1, -0.05) is 12.1 Å². The molecule has 0 aliphatic heterocycles. The van der Waals surface area contributed by atoms with Crippen molar-refractivity contribution in [3.8, 4) is 16.5 Å². The summed E-state index contributed by atoms with van der Waals surface area (Å²) in [7, 11) is 0. The molecule has 3 aromatic rings. The normalized spacial score (nSPS) is 10.4. The first kappa shape index (κ1) is 13.0. The van der Waals surface area contributed by atoms with Gasteiger partial charge in [0.25, 0.3) is 0 Å². The van der Waals surface area contributed by atoms with E-state index in [1.54, 1.807) is 24.3 Å². The van der Waals surface area contributed by atoms with Crippen LogP contribution in [0.2, 0.25) is 0 Å². The predicted molar refractivity (Wildman–Crippen MR) is 78.9 cm³/mol. The molecule has 2 heterocycles. The van der Waals surface area contributed by atoms with Gasteiger partial charge in [-0.2, -0.15) is 5.26 Å². The summed E-state index contributed by atoms with van der Waals surface area (Å²) in [5.41, 5.74) is 7.00. The fourth-order valence-electron chi connectivity index (χ4n) is 1.98. The number of anilines is 1. The summed E-state index contributed by atoms with van der Waals surface area (Å²) in [6.07, 6.45) is 0. The van der Waals surface area contributed by atoms with Crippen LogP contribution in [0.5, 0.6) is 0 Å². The maximum atomic E-state index is 11.2. The van der Waals surface area contributed by atoms with Crippen molar-refractivity contribution >= 4 is 33.2 Å². The van der Waals surface area contributed by atoms with Gasteiger partial charge >= 0.3 is 5.97 Å². The van der Waals surface area contributed by atoms with E-state index in [0.29, 0.717) is 15.6 Å². The van der Waals surface area contributed by atoms with Crippen LogP contribution in [0.1, 0.15) is 16.1 Å². The molecule has 0 aliphatic carbocycles. The lowest BCUT2D eigenvalue weighted by Gasteiger charge is -1.96. The lowest BCUT2D eigenvalue weighted by Crippen LogP contribution is -2.04. The van der Waals surface area contributed by atoms with Crippen molar-refractivity contribution in [1.82, 2.24) is 10.2 Å². The Kier molecular flexibility index (Phi) is 3.01. The first-order chi connectivity index (χ1) is 10.1. The van der Waals surface area contributed by atoms with Gasteiger partial charge in [-0.25, -0.2) is 4.79 Å². The van der Waals surface area contributed by atoms with Crippen molar-refractivity contribution < 1.29 is 9.90 Å². The summed E-state index contributed by atoms with van der Waals surface area (Å²) in [5, 5.41) is 26.0. The van der Waals surface area contributed by atoms with Crippen LogP contribution in [0.3, 0.4) is 0 Å². The lowest BCUT2D eigenvalue weighted by molar-refractivity contribution is 0.0692. The van der Waals surface area contributed by atoms with E-state index >= 15 is 0 Å². The van der Waals surface area contributed by atoms with Crippen molar-refractivity contribution in [3.63, 3.8) is 0 Å². The summed E-state index contributed by atoms with van der Waals surface area (Å²) < 4.78 is 0.479. The summed E-state index contributed by atoms with van der Waals surface area (Å²) >= 11 is 1.27. The Morgan fingerprint density at radius 3 is 2.86 bits per heavy atom. The number of fused-ring (bicyclic) bond motifs is 1. The predicted octanol–water partition coefficient (Wildman–Crippen LogP) is 2.51. The van der Waals surface area contributed by atoms with E-state index in [-0.39, 0.29) is 11.5 Å². The van der Waals surface area contributed by atoms with E-state index in [2.05, 4.69) is 16.3 Å². The Labute approximate surface area is 123 Å². The highest BCUT2D eigenvalue weighted by atomic mass is 32.1. The second-order valence-corrected chi connectivity index (χ2v) is 5.34. The Bertz CT molecular complexity index is 911. The number of nitrogen functional groups attached to an aromatic ring is 1. The Balaban J connectivity index is 2.26. The van der Waals surface area contributed by atoms with Gasteiger partial charge in [0.05, 0.1) is 16.3 Å². The number of hydrogen-bond acceptors (Lipinski definition) is 6. The number of carbonyl (C=O) groups is 1. The van der Waals surface area contributed by atoms with Gasteiger partial charge in [-0.05, 0) is 23.8 Å². The van der Waals surface area contributed by atoms with Gasteiger partial charge in [-0.15, -0.1) is 21.5 Å². The first-order valence-corrected chi connectivity index (χ1v) is 6.71. The first-order valence-electron chi connectivity index (χ1n) is 5.89. The van der Waals surface area contributed by atoms with Gasteiger partial charge < -0.3 is 10.8 Å². The third kappa shape index (κ3) is 2.17. The number of nitrogens with zero attached hydrogens (tertiary/aromatic N) is 3. The zero-order valence-corrected chi connectivity index (χ0v) is 11.4. The number of carboxylic acids is 1. The van der Waals surface area contributed by atoms with Crippen molar-refractivity contribution in [1.29, 1.82) is 5.26 Å². The van der Waals surface area contributed by atoms with Gasteiger partial charge in [-0.3, -0.25) is 0 Å². The maximum Gasteiger partial charge on any atom is 0.357 e. The average molecular weight is 296 g/mol. The molecular formula is C14H8N4O2S. The Hall–Kier alpha value is -2.98. The molecule has 3 N–H and O–H groups in total. The minimum absolute atomic E-state index is 0.119. The third-order valence-electron chi connectivity index (χ3n) is 2.96. The second-order valence-electron chi connectivity index (χ2n) is 4.29. The van der Waals surface area contributed by atoms with E-state index in [0.717, 1.165) is 10.4 Å². The average Bonchev–Trinajstić information content (AvgIpc) is 2.93. The van der Waals surface area contributed by atoms with Crippen LogP contribution in [0.15, 0.2) is 30.3 Å². The highest BCUT2D eigenvalue weighted by Crippen LogP contribution is 2.36. The molecule has 2 aromatic heterocycles. The molecule has 6 nitrogen and oxygen atoms in total. The molecule has 0 radical (unpaired) electrons. The standard InChI is InChI=1S/C14H8N4O2S/c15-6-7-2-1-3-8(4-7)10-5-9-12(21-10)11(14(19)20)17-18-13(9)16/h1-5H,(H2,16,18)(H,19,20). The summed E-state index contributed by atoms with van der Waals surface area (Å²) in [6, 6.07) is 10.9. The van der Waals surface area contributed by atoms with Gasteiger partial charge in [0.2, 0.25) is 0 Å². The quantitative estimate of drug-likeness (QED) is 0.751. The van der Waals surface area contributed by atoms with Gasteiger partial charge in [0, 0.05) is 10.3 Å². The van der Waals surface area contributed by atoms with Crippen LogP contribution in [-0.2, 0) is 0 Å². The fraction of sp³-hybridized carbons (Fsp3) is 0. The molecule has 7 heteroatoms. The van der Waals surface area contributed by atoms with Crippen LogP contribution in [0.25, 0.3) is 20.5 Å². The van der Waals surface area contributed by atoms with Crippen molar-refractivity contribution in [2.24, 2.45) is 0 Å². The molecule has 0 saturated carbocycles. The van der Waals surface area contributed by atoms with E-state index in [1.807, 2.05) is 6.07 Å². The largest absolute Gasteiger partial charge is 0.476 e. The zero-order chi connectivity index (χ0) is 15.0. The van der Waals surface area contributed by atoms with Crippen molar-refractivity contribution in [2.75, 3.05) is 5.73 Å². The Morgan fingerprint density at radius 1 is 1.33 bits per heavy atom. The van der Waals surface area contributed by atoms with E-state index in [4.69, 9.17) is 16.1 Å². The highest BCUT2D eigenvalue weighted by molar-refractivity contribution is 7.22. The third-order valence-corrected chi connectivity index (χ3v) is 4.15. The topological polar surface area (TPSA) is 113 Å². The molecule has 0 amide bonds. The van der Waals surface area contributed by atoms with E-state index in [1.165, 1.54) is 11.3 Å². The molecule has 102 valence electrons. The van der Waals surface area contributed by atoms with Crippen LogP contribution >= 0.6 is 11.3 Å². The molecule has 3 rings (SSSR count). The lowest BCUT2D eigenvalue weighted by atomic mass is 10.1. The van der Waals surface area contributed by atoms with Gasteiger partial charge in [0.15, 0.2) is 11.5 Å². The molecule has 1 aromatic carbocycles. The summed E-state index contributed by atoms with van der Waals surface area (Å²) in [4.78, 5) is 12.0. The molecule has 0 unspecified atom stereocenters. The minimum atomic E-state index is -1.15. The molecule has 0 bridgehead atoms. The molecule has 0 saturated heterocycles. The van der Waals surface area contributed by atoms with Crippen LogP contribution < -0.4 is 5.73 Å². The SMILES string of the molecule is N#Cc1cccc(-c2cc3c(N)nnc(C(=O)O)c3s2)c1. The number of hydrogen-bond donors (Lipinski definition) is 2. The van der Waals surface area contributed by atoms with E-state index < -0.39 is 5.97 Å². The van der Waals surface area contributed by atoms with E-state index in [9.17, 15) is 4.79 Å². The molecule has 0 atom stereocenters. The smallest absolute Gasteiger partial charge is 0.357 e. The number of benzene rings is 1. The number of thiophene rings is 1. The molecule has 0 fully saturated rings. The number of carboxylic acid groups (broad SMARTS) is 1. The number of rotatable bonds is 2. The number of nitriles is 1. The second kappa shape index (κ2) is 4.85. The fourth-order valence-corrected chi connectivity index (χ4v) is 3.12. The number of aromatic carboxylic acids is 1. The van der Waals surface area contributed by atoms with Crippen molar-refractivity contribution in [3.05, 3.63) is 41.6 Å². The molecule has 0 spiro atoms. The molecule has 21 heavy (non-hydrogen) atoms. The highest BCUT2D eigenvalue weighted by Gasteiger charge is 2.17. The van der Waals surface area contributed by atoms with Crippen LogP contribution in [0, 0.1) is 11.3 Å². The van der Waals surface area contributed by atoms with Crippen molar-refractivity contribution in [2.45, 2.75) is 0 Å². The Morgan fingerprint density at radius 2 is 2.14 bits per heavy atom. The van der Waals surface area contributed by atoms with Crippen LogP contribution in [0.4, 0.5) is 5.82 Å². The number of nitrogens with two attached hydrogens (primary N) is 1. The summed E-state index contributed by atoms with van der Waals surface area (Å²) in [6.45, 7) is 0. The number of aromatic nitrogens is 2. The van der Waals surface area contributed by atoms with Gasteiger partial charge in [0.1, 0.15) is 0 Å². The molecular weight excluding hydrogens is 288 g/mol. The monoisotopic (exact) mass is 296 g/mol. The molecule has 0 aliphatic rings.